The normalized spacial score (nSPS) is 17.4. The fourth-order valence-electron chi connectivity index (χ4n) is 3.87. The number of rotatable bonds is 8. The number of carbonyl (C=O) groups is 4. The van der Waals surface area contributed by atoms with Crippen LogP contribution in [0.15, 0.2) is 84.9 Å². The molecule has 1 fully saturated rings. The van der Waals surface area contributed by atoms with Gasteiger partial charge in [-0.3, -0.25) is 19.3 Å². The van der Waals surface area contributed by atoms with Gasteiger partial charge in [-0.15, -0.1) is 0 Å². The standard InChI is InChI=1S/C27H25N3O4/c1-27(17-16-19-8-4-2-5-9-19)25(33)30(26(34)29-27)18-23(31)20-12-14-22(15-13-20)28-24(32)21-10-6-3-7-11-21/h2-15H,16-18H2,1H3,(H,28,32)(H,29,34). The molecule has 0 saturated carbocycles. The summed E-state index contributed by atoms with van der Waals surface area (Å²) in [4.78, 5) is 51.5. The predicted octanol–water partition coefficient (Wildman–Crippen LogP) is 4.06. The molecule has 1 heterocycles. The minimum Gasteiger partial charge on any atom is -0.323 e. The smallest absolute Gasteiger partial charge is 0.323 e. The fourth-order valence-corrected chi connectivity index (χ4v) is 3.87. The van der Waals surface area contributed by atoms with Gasteiger partial charge < -0.3 is 10.6 Å². The summed E-state index contributed by atoms with van der Waals surface area (Å²) in [6, 6.07) is 24.3. The van der Waals surface area contributed by atoms with Gasteiger partial charge in [-0.05, 0) is 61.7 Å². The lowest BCUT2D eigenvalue weighted by Crippen LogP contribution is -2.44. The van der Waals surface area contributed by atoms with Gasteiger partial charge in [0.05, 0.1) is 6.54 Å². The molecule has 3 aromatic rings. The first-order valence-electron chi connectivity index (χ1n) is 11.0. The third kappa shape index (κ3) is 5.04. The van der Waals surface area contributed by atoms with Crippen LogP contribution in [0, 0.1) is 0 Å². The number of ketones is 1. The van der Waals surface area contributed by atoms with Crippen molar-refractivity contribution >= 4 is 29.3 Å². The van der Waals surface area contributed by atoms with Crippen LogP contribution < -0.4 is 10.6 Å². The van der Waals surface area contributed by atoms with E-state index in [0.717, 1.165) is 10.5 Å². The average molecular weight is 456 g/mol. The van der Waals surface area contributed by atoms with Crippen molar-refractivity contribution in [1.29, 1.82) is 0 Å². The number of amides is 4. The summed E-state index contributed by atoms with van der Waals surface area (Å²) < 4.78 is 0. The topological polar surface area (TPSA) is 95.6 Å². The Morgan fingerprint density at radius 3 is 2.12 bits per heavy atom. The molecule has 1 unspecified atom stereocenters. The number of benzene rings is 3. The number of nitrogens with one attached hydrogen (secondary N) is 2. The van der Waals surface area contributed by atoms with Crippen LogP contribution in [0.1, 0.15) is 39.6 Å². The predicted molar refractivity (Wildman–Crippen MR) is 129 cm³/mol. The molecule has 0 bridgehead atoms. The van der Waals surface area contributed by atoms with Gasteiger partial charge in [0.2, 0.25) is 0 Å². The van der Waals surface area contributed by atoms with E-state index in [0.29, 0.717) is 29.7 Å². The second kappa shape index (κ2) is 9.70. The number of urea groups is 1. The average Bonchev–Trinajstić information content (AvgIpc) is 3.07. The highest BCUT2D eigenvalue weighted by molar-refractivity contribution is 6.11. The number of aryl methyl sites for hydroxylation is 1. The Morgan fingerprint density at radius 1 is 0.853 bits per heavy atom. The first-order chi connectivity index (χ1) is 16.4. The lowest BCUT2D eigenvalue weighted by atomic mass is 9.93. The van der Waals surface area contributed by atoms with Gasteiger partial charge in [0.25, 0.3) is 11.8 Å². The Labute approximate surface area is 197 Å². The second-order valence-electron chi connectivity index (χ2n) is 8.46. The van der Waals surface area contributed by atoms with E-state index in [2.05, 4.69) is 10.6 Å². The Morgan fingerprint density at radius 2 is 1.47 bits per heavy atom. The van der Waals surface area contributed by atoms with Crippen LogP contribution in [0.5, 0.6) is 0 Å². The molecule has 7 nitrogen and oxygen atoms in total. The zero-order valence-corrected chi connectivity index (χ0v) is 18.8. The first-order valence-corrected chi connectivity index (χ1v) is 11.0. The molecule has 7 heteroatoms. The highest BCUT2D eigenvalue weighted by Crippen LogP contribution is 2.24. The molecule has 1 saturated heterocycles. The lowest BCUT2D eigenvalue weighted by molar-refractivity contribution is -0.130. The quantitative estimate of drug-likeness (QED) is 0.395. The van der Waals surface area contributed by atoms with Crippen molar-refractivity contribution in [2.75, 3.05) is 11.9 Å². The number of hydrogen-bond acceptors (Lipinski definition) is 4. The van der Waals surface area contributed by atoms with E-state index in [1.165, 1.54) is 0 Å². The van der Waals surface area contributed by atoms with Crippen LogP contribution >= 0.6 is 0 Å². The summed E-state index contributed by atoms with van der Waals surface area (Å²) in [6.45, 7) is 1.34. The van der Waals surface area contributed by atoms with Gasteiger partial charge in [0.1, 0.15) is 5.54 Å². The molecular weight excluding hydrogens is 430 g/mol. The summed E-state index contributed by atoms with van der Waals surface area (Å²) in [7, 11) is 0. The van der Waals surface area contributed by atoms with Gasteiger partial charge in [0.15, 0.2) is 5.78 Å². The Balaban J connectivity index is 1.36. The number of Topliss-reactive ketones (excluding diaryl/α,β-unsaturated/α-hetero) is 1. The minimum atomic E-state index is -1.06. The van der Waals surface area contributed by atoms with E-state index in [9.17, 15) is 19.2 Å². The molecule has 0 aromatic heterocycles. The molecule has 1 aliphatic rings. The molecule has 172 valence electrons. The van der Waals surface area contributed by atoms with Crippen molar-refractivity contribution in [3.05, 3.63) is 102 Å². The molecule has 4 rings (SSSR count). The van der Waals surface area contributed by atoms with Crippen molar-refractivity contribution in [3.8, 4) is 0 Å². The number of nitrogens with zero attached hydrogens (tertiary/aromatic N) is 1. The third-order valence-corrected chi connectivity index (χ3v) is 5.90. The Hall–Kier alpha value is -4.26. The molecule has 1 aliphatic heterocycles. The van der Waals surface area contributed by atoms with Crippen LogP contribution in [0.2, 0.25) is 0 Å². The van der Waals surface area contributed by atoms with Crippen LogP contribution in [0.25, 0.3) is 0 Å². The van der Waals surface area contributed by atoms with Crippen molar-refractivity contribution in [2.45, 2.75) is 25.3 Å². The highest BCUT2D eigenvalue weighted by Gasteiger charge is 2.47. The summed E-state index contributed by atoms with van der Waals surface area (Å²) >= 11 is 0. The summed E-state index contributed by atoms with van der Waals surface area (Å²) in [6.07, 6.45) is 1.06. The molecule has 2 N–H and O–H groups in total. The van der Waals surface area contributed by atoms with E-state index in [1.807, 2.05) is 36.4 Å². The van der Waals surface area contributed by atoms with Gasteiger partial charge >= 0.3 is 6.03 Å². The zero-order valence-electron chi connectivity index (χ0n) is 18.8. The monoisotopic (exact) mass is 455 g/mol. The summed E-state index contributed by atoms with van der Waals surface area (Å²) in [5.74, 6) is -1.03. The lowest BCUT2D eigenvalue weighted by Gasteiger charge is -2.21. The zero-order chi connectivity index (χ0) is 24.1. The van der Waals surface area contributed by atoms with Crippen molar-refractivity contribution in [2.24, 2.45) is 0 Å². The van der Waals surface area contributed by atoms with Gasteiger partial charge in [0, 0.05) is 16.8 Å². The number of carbonyl (C=O) groups excluding carboxylic acids is 4. The molecular formula is C27H25N3O4. The Bertz CT molecular complexity index is 1210. The van der Waals surface area contributed by atoms with E-state index in [1.54, 1.807) is 55.5 Å². The molecule has 34 heavy (non-hydrogen) atoms. The minimum absolute atomic E-state index is 0.256. The molecule has 3 aromatic carbocycles. The number of imide groups is 1. The van der Waals surface area contributed by atoms with Crippen molar-refractivity contribution < 1.29 is 19.2 Å². The molecule has 4 amide bonds. The van der Waals surface area contributed by atoms with Crippen LogP contribution in [0.4, 0.5) is 10.5 Å². The number of anilines is 1. The Kier molecular flexibility index (Phi) is 6.54. The van der Waals surface area contributed by atoms with Gasteiger partial charge in [-0.25, -0.2) is 4.79 Å². The maximum Gasteiger partial charge on any atom is 0.325 e. The largest absolute Gasteiger partial charge is 0.325 e. The van der Waals surface area contributed by atoms with Gasteiger partial charge in [-0.2, -0.15) is 0 Å². The van der Waals surface area contributed by atoms with E-state index >= 15 is 0 Å². The van der Waals surface area contributed by atoms with Crippen LogP contribution in [0.3, 0.4) is 0 Å². The first kappa shape index (κ1) is 22.9. The molecule has 0 radical (unpaired) electrons. The SMILES string of the molecule is CC1(CCc2ccccc2)NC(=O)N(CC(=O)c2ccc(NC(=O)c3ccccc3)cc2)C1=O. The van der Waals surface area contributed by atoms with Crippen molar-refractivity contribution in [3.63, 3.8) is 0 Å². The van der Waals surface area contributed by atoms with E-state index in [-0.39, 0.29) is 18.2 Å². The van der Waals surface area contributed by atoms with Gasteiger partial charge in [-0.1, -0.05) is 48.5 Å². The second-order valence-corrected chi connectivity index (χ2v) is 8.46. The third-order valence-electron chi connectivity index (χ3n) is 5.90. The number of hydrogen-bond donors (Lipinski definition) is 2. The van der Waals surface area contributed by atoms with E-state index < -0.39 is 17.5 Å². The molecule has 0 spiro atoms. The van der Waals surface area contributed by atoms with Crippen molar-refractivity contribution in [1.82, 2.24) is 10.2 Å². The molecule has 1 atom stereocenters. The maximum absolute atomic E-state index is 13.0. The van der Waals surface area contributed by atoms with Crippen LogP contribution in [-0.4, -0.2) is 40.6 Å². The fraction of sp³-hybridized carbons (Fsp3) is 0.185. The maximum atomic E-state index is 13.0. The van der Waals surface area contributed by atoms with Crippen LogP contribution in [-0.2, 0) is 11.2 Å². The molecule has 0 aliphatic carbocycles. The summed E-state index contributed by atoms with van der Waals surface area (Å²) in [5, 5.41) is 5.51. The van der Waals surface area contributed by atoms with E-state index in [4.69, 9.17) is 0 Å². The summed E-state index contributed by atoms with van der Waals surface area (Å²) in [5.41, 5.74) is 1.42. The highest BCUT2D eigenvalue weighted by atomic mass is 16.2.